The molecule has 1 rings (SSSR count). The van der Waals surface area contributed by atoms with Crippen LogP contribution in [0.15, 0.2) is 0 Å². The number of nitrogens with zero attached hydrogens (tertiary/aromatic N) is 3. The van der Waals surface area contributed by atoms with Crippen LogP contribution in [0.3, 0.4) is 0 Å². The van der Waals surface area contributed by atoms with Crippen LogP contribution in [0.4, 0.5) is 11.9 Å². The molecule has 6 heteroatoms. The van der Waals surface area contributed by atoms with Crippen molar-refractivity contribution in [2.45, 2.75) is 129 Å². The first kappa shape index (κ1) is 27.9. The fourth-order valence-corrected chi connectivity index (χ4v) is 3.94. The van der Waals surface area contributed by atoms with Crippen molar-refractivity contribution in [1.82, 2.24) is 15.0 Å². The predicted molar refractivity (Wildman–Crippen MR) is 136 cm³/mol. The van der Waals surface area contributed by atoms with E-state index in [0.29, 0.717) is 11.9 Å². The van der Waals surface area contributed by atoms with Crippen molar-refractivity contribution in [1.29, 1.82) is 0 Å². The molecule has 0 radical (unpaired) electrons. The van der Waals surface area contributed by atoms with Crippen molar-refractivity contribution in [3.63, 3.8) is 0 Å². The van der Waals surface area contributed by atoms with Crippen molar-refractivity contribution in [3.8, 4) is 0 Å². The van der Waals surface area contributed by atoms with Crippen LogP contribution in [0, 0.1) is 0 Å². The molecule has 180 valence electrons. The van der Waals surface area contributed by atoms with E-state index in [1.165, 1.54) is 103 Å². The maximum atomic E-state index is 6.07. The molecule has 1 aromatic rings. The Morgan fingerprint density at radius 2 is 0.806 bits per heavy atom. The van der Waals surface area contributed by atoms with Crippen LogP contribution in [-0.4, -0.2) is 28.0 Å². The molecule has 0 saturated carbocycles. The van der Waals surface area contributed by atoms with E-state index in [2.05, 4.69) is 39.4 Å². The van der Waals surface area contributed by atoms with Crippen LogP contribution in [0.5, 0.6) is 0 Å². The number of hydrogen-bond acceptors (Lipinski definition) is 5. The van der Waals surface area contributed by atoms with Gasteiger partial charge in [-0.1, -0.05) is 117 Å². The highest BCUT2D eigenvalue weighted by Gasteiger charge is 2.04. The average Bonchev–Trinajstić information content (AvgIpc) is 2.76. The number of hydrogen-bond donors (Lipinski definition) is 2. The third-order valence-electron chi connectivity index (χ3n) is 5.74. The van der Waals surface area contributed by atoms with E-state index in [4.69, 9.17) is 11.6 Å². The molecule has 0 atom stereocenters. The van der Waals surface area contributed by atoms with Crippen molar-refractivity contribution < 1.29 is 0 Å². The lowest BCUT2D eigenvalue weighted by molar-refractivity contribution is 0.559. The SMILES string of the molecule is CCCCCCCCCCCCNc1nc(Cl)nc(NCCCCCCCCCC)n1. The molecule has 0 saturated heterocycles. The van der Waals surface area contributed by atoms with Crippen molar-refractivity contribution >= 4 is 23.5 Å². The van der Waals surface area contributed by atoms with Gasteiger partial charge in [-0.2, -0.15) is 15.0 Å². The second kappa shape index (κ2) is 20.8. The van der Waals surface area contributed by atoms with Crippen LogP contribution in [-0.2, 0) is 0 Å². The Balaban J connectivity index is 2.05. The monoisotopic (exact) mass is 453 g/mol. The van der Waals surface area contributed by atoms with Gasteiger partial charge in [0.05, 0.1) is 0 Å². The maximum absolute atomic E-state index is 6.07. The molecule has 5 nitrogen and oxygen atoms in total. The van der Waals surface area contributed by atoms with E-state index in [1.54, 1.807) is 0 Å². The van der Waals surface area contributed by atoms with E-state index in [9.17, 15) is 0 Å². The van der Waals surface area contributed by atoms with E-state index < -0.39 is 0 Å². The van der Waals surface area contributed by atoms with Crippen molar-refractivity contribution in [2.75, 3.05) is 23.7 Å². The molecule has 2 N–H and O–H groups in total. The zero-order valence-corrected chi connectivity index (χ0v) is 21.1. The summed E-state index contributed by atoms with van der Waals surface area (Å²) in [6, 6.07) is 0. The Morgan fingerprint density at radius 3 is 1.16 bits per heavy atom. The molecule has 0 spiro atoms. The third-order valence-corrected chi connectivity index (χ3v) is 5.90. The highest BCUT2D eigenvalue weighted by atomic mass is 35.5. The highest BCUT2D eigenvalue weighted by Crippen LogP contribution is 2.13. The molecule has 0 aromatic carbocycles. The number of nitrogens with one attached hydrogen (secondary N) is 2. The number of aromatic nitrogens is 3. The minimum atomic E-state index is 0.249. The van der Waals surface area contributed by atoms with Gasteiger partial charge in [0, 0.05) is 13.1 Å². The molecular formula is C25H48ClN5. The van der Waals surface area contributed by atoms with Gasteiger partial charge in [0.15, 0.2) is 0 Å². The standard InChI is InChI=1S/C25H48ClN5/c1-3-5-7-9-11-13-14-16-18-20-22-28-25-30-23(26)29-24(31-25)27-21-19-17-15-12-10-8-6-4-2/h3-22H2,1-2H3,(H2,27,28,29,30,31). The first-order valence-corrected chi connectivity index (χ1v) is 13.5. The van der Waals surface area contributed by atoms with Gasteiger partial charge in [-0.3, -0.25) is 0 Å². The quantitative estimate of drug-likeness (QED) is 0.172. The average molecular weight is 454 g/mol. The minimum absolute atomic E-state index is 0.249. The van der Waals surface area contributed by atoms with Gasteiger partial charge in [-0.05, 0) is 24.4 Å². The summed E-state index contributed by atoms with van der Waals surface area (Å²) < 4.78 is 0. The largest absolute Gasteiger partial charge is 0.354 e. The summed E-state index contributed by atoms with van der Waals surface area (Å²) in [4.78, 5) is 12.9. The van der Waals surface area contributed by atoms with Crippen LogP contribution in [0.2, 0.25) is 5.28 Å². The molecule has 0 aliphatic carbocycles. The molecular weight excluding hydrogens is 406 g/mol. The van der Waals surface area contributed by atoms with Gasteiger partial charge in [0.25, 0.3) is 0 Å². The van der Waals surface area contributed by atoms with Gasteiger partial charge < -0.3 is 10.6 Å². The van der Waals surface area contributed by atoms with Crippen LogP contribution < -0.4 is 10.6 Å². The number of rotatable bonds is 22. The summed E-state index contributed by atoms with van der Waals surface area (Å²) in [5.41, 5.74) is 0. The Labute approximate surface area is 197 Å². The summed E-state index contributed by atoms with van der Waals surface area (Å²) in [6.07, 6.45) is 23.9. The Bertz CT molecular complexity index is 527. The molecule has 0 fully saturated rings. The lowest BCUT2D eigenvalue weighted by atomic mass is 10.1. The smallest absolute Gasteiger partial charge is 0.228 e. The molecule has 0 aliphatic heterocycles. The first-order valence-electron chi connectivity index (χ1n) is 13.2. The highest BCUT2D eigenvalue weighted by molar-refractivity contribution is 6.28. The first-order chi connectivity index (χ1) is 15.3. The number of halogens is 1. The molecule has 0 bridgehead atoms. The van der Waals surface area contributed by atoms with E-state index in [-0.39, 0.29) is 5.28 Å². The Kier molecular flexibility index (Phi) is 18.7. The summed E-state index contributed by atoms with van der Waals surface area (Å²) in [5.74, 6) is 1.16. The van der Waals surface area contributed by atoms with Crippen LogP contribution >= 0.6 is 11.6 Å². The van der Waals surface area contributed by atoms with Crippen molar-refractivity contribution in [3.05, 3.63) is 5.28 Å². The van der Waals surface area contributed by atoms with Crippen LogP contribution in [0.1, 0.15) is 129 Å². The molecule has 1 aromatic heterocycles. The third kappa shape index (κ3) is 17.2. The zero-order valence-electron chi connectivity index (χ0n) is 20.4. The molecule has 0 amide bonds. The second-order valence-electron chi connectivity index (χ2n) is 8.76. The fourth-order valence-electron chi connectivity index (χ4n) is 3.78. The normalized spacial score (nSPS) is 11.1. The lowest BCUT2D eigenvalue weighted by Crippen LogP contribution is -2.11. The maximum Gasteiger partial charge on any atom is 0.228 e. The molecule has 31 heavy (non-hydrogen) atoms. The summed E-state index contributed by atoms with van der Waals surface area (Å²) >= 11 is 6.07. The Hall–Kier alpha value is -1.10. The van der Waals surface area contributed by atoms with Gasteiger partial charge >= 0.3 is 0 Å². The molecule has 0 unspecified atom stereocenters. The predicted octanol–water partition coefficient (Wildman–Crippen LogP) is 8.41. The second-order valence-corrected chi connectivity index (χ2v) is 9.10. The number of anilines is 2. The lowest BCUT2D eigenvalue weighted by Gasteiger charge is -2.08. The van der Waals surface area contributed by atoms with E-state index >= 15 is 0 Å². The topological polar surface area (TPSA) is 62.7 Å². The van der Waals surface area contributed by atoms with Crippen LogP contribution in [0.25, 0.3) is 0 Å². The summed E-state index contributed by atoms with van der Waals surface area (Å²) in [5, 5.41) is 6.84. The van der Waals surface area contributed by atoms with Gasteiger partial charge in [0.1, 0.15) is 0 Å². The van der Waals surface area contributed by atoms with Gasteiger partial charge in [-0.15, -0.1) is 0 Å². The summed E-state index contributed by atoms with van der Waals surface area (Å²) in [6.45, 7) is 6.30. The molecule has 1 heterocycles. The minimum Gasteiger partial charge on any atom is -0.354 e. The molecule has 0 aliphatic rings. The van der Waals surface area contributed by atoms with E-state index in [1.807, 2.05) is 0 Å². The van der Waals surface area contributed by atoms with E-state index in [0.717, 1.165) is 25.9 Å². The summed E-state index contributed by atoms with van der Waals surface area (Å²) in [7, 11) is 0. The number of unbranched alkanes of at least 4 members (excludes halogenated alkanes) is 16. The Morgan fingerprint density at radius 1 is 0.484 bits per heavy atom. The zero-order chi connectivity index (χ0) is 22.4. The van der Waals surface area contributed by atoms with Gasteiger partial charge in [0.2, 0.25) is 17.2 Å². The van der Waals surface area contributed by atoms with Gasteiger partial charge in [-0.25, -0.2) is 0 Å². The fraction of sp³-hybridized carbons (Fsp3) is 0.880. The van der Waals surface area contributed by atoms with Crippen molar-refractivity contribution in [2.24, 2.45) is 0 Å².